The van der Waals surface area contributed by atoms with Crippen molar-refractivity contribution in [3.05, 3.63) is 23.2 Å². The van der Waals surface area contributed by atoms with Crippen LogP contribution in [-0.2, 0) is 11.3 Å². The number of guanidine groups is 1. The molecule has 128 valence electrons. The van der Waals surface area contributed by atoms with Crippen LogP contribution < -0.4 is 10.6 Å². The van der Waals surface area contributed by atoms with Gasteiger partial charge >= 0.3 is 5.97 Å². The summed E-state index contributed by atoms with van der Waals surface area (Å²) in [5.41, 5.74) is 0.464. The Hall–Kier alpha value is -1.63. The van der Waals surface area contributed by atoms with Crippen molar-refractivity contribution in [2.75, 3.05) is 20.4 Å². The van der Waals surface area contributed by atoms with Gasteiger partial charge in [-0.15, -0.1) is 0 Å². The highest BCUT2D eigenvalue weighted by Crippen LogP contribution is 2.28. The average Bonchev–Trinajstić information content (AvgIpc) is 3.16. The quantitative estimate of drug-likeness (QED) is 0.487. The average molecular weight is 339 g/mol. The number of aliphatic imine (C=N–C) groups is 1. The largest absolute Gasteiger partial charge is 0.465 e. The Labute approximate surface area is 141 Å². The molecular weight excluding hydrogens is 314 g/mol. The lowest BCUT2D eigenvalue weighted by molar-refractivity contribution is 0.0599. The lowest BCUT2D eigenvalue weighted by Crippen LogP contribution is -2.42. The van der Waals surface area contributed by atoms with Crippen LogP contribution in [0.2, 0.25) is 0 Å². The molecule has 0 spiro atoms. The van der Waals surface area contributed by atoms with Gasteiger partial charge in [-0.3, -0.25) is 4.99 Å². The second kappa shape index (κ2) is 8.29. The van der Waals surface area contributed by atoms with Crippen LogP contribution in [0.5, 0.6) is 0 Å². The molecule has 1 aliphatic carbocycles. The van der Waals surface area contributed by atoms with Gasteiger partial charge in [-0.05, 0) is 38.5 Å². The van der Waals surface area contributed by atoms with E-state index in [4.69, 9.17) is 9.15 Å². The molecule has 1 heterocycles. The number of furan rings is 1. The third-order valence-electron chi connectivity index (χ3n) is 4.09. The van der Waals surface area contributed by atoms with E-state index in [1.807, 2.05) is 11.8 Å². The highest BCUT2D eigenvalue weighted by molar-refractivity contribution is 7.99. The van der Waals surface area contributed by atoms with Gasteiger partial charge in [-0.1, -0.05) is 0 Å². The van der Waals surface area contributed by atoms with Crippen LogP contribution in [-0.4, -0.2) is 43.6 Å². The van der Waals surface area contributed by atoms with Crippen LogP contribution in [0.3, 0.4) is 0 Å². The summed E-state index contributed by atoms with van der Waals surface area (Å²) in [6.45, 7) is 2.22. The molecule has 0 bridgehead atoms. The molecule has 0 aromatic carbocycles. The topological polar surface area (TPSA) is 75.9 Å². The molecule has 2 rings (SSSR count). The predicted octanol–water partition coefficient (Wildman–Crippen LogP) is 2.32. The standard InChI is InChI=1S/C16H25N3O3S/c1-10-14(15(20)21-3)8-12(22-10)9-18-16(17-2)19-11-5-6-13(7-11)23-4/h8,11,13H,5-7,9H2,1-4H3,(H2,17,18,19). The van der Waals surface area contributed by atoms with Crippen LogP contribution in [0.15, 0.2) is 15.5 Å². The lowest BCUT2D eigenvalue weighted by atomic mass is 10.2. The van der Waals surface area contributed by atoms with Crippen molar-refractivity contribution in [2.24, 2.45) is 4.99 Å². The Bertz CT molecular complexity index is 571. The minimum Gasteiger partial charge on any atom is -0.465 e. The summed E-state index contributed by atoms with van der Waals surface area (Å²) < 4.78 is 10.3. The van der Waals surface area contributed by atoms with Gasteiger partial charge in [-0.25, -0.2) is 4.79 Å². The van der Waals surface area contributed by atoms with E-state index in [0.29, 0.717) is 29.7 Å². The van der Waals surface area contributed by atoms with Gasteiger partial charge in [0.2, 0.25) is 0 Å². The number of nitrogens with zero attached hydrogens (tertiary/aromatic N) is 1. The van der Waals surface area contributed by atoms with E-state index in [2.05, 4.69) is 21.9 Å². The first-order chi connectivity index (χ1) is 11.1. The molecule has 1 fully saturated rings. The zero-order chi connectivity index (χ0) is 16.8. The molecule has 0 amide bonds. The first-order valence-electron chi connectivity index (χ1n) is 7.75. The van der Waals surface area contributed by atoms with Crippen molar-refractivity contribution in [1.82, 2.24) is 10.6 Å². The molecule has 2 unspecified atom stereocenters. The van der Waals surface area contributed by atoms with E-state index >= 15 is 0 Å². The number of hydrogen-bond donors (Lipinski definition) is 2. The molecule has 1 aromatic rings. The van der Waals surface area contributed by atoms with Crippen LogP contribution >= 0.6 is 11.8 Å². The van der Waals surface area contributed by atoms with E-state index < -0.39 is 0 Å². The van der Waals surface area contributed by atoms with Gasteiger partial charge in [0.05, 0.1) is 13.7 Å². The normalized spacial score (nSPS) is 21.3. The minimum absolute atomic E-state index is 0.380. The van der Waals surface area contributed by atoms with Crippen molar-refractivity contribution in [2.45, 2.75) is 44.0 Å². The molecule has 0 radical (unpaired) electrons. The Morgan fingerprint density at radius 3 is 2.91 bits per heavy atom. The van der Waals surface area contributed by atoms with Crippen molar-refractivity contribution < 1.29 is 13.9 Å². The zero-order valence-corrected chi connectivity index (χ0v) is 15.0. The molecule has 2 N–H and O–H groups in total. The summed E-state index contributed by atoms with van der Waals surface area (Å²) in [6, 6.07) is 2.17. The maximum atomic E-state index is 11.6. The molecule has 0 saturated heterocycles. The smallest absolute Gasteiger partial charge is 0.341 e. The molecule has 6 nitrogen and oxygen atoms in total. The summed E-state index contributed by atoms with van der Waals surface area (Å²) in [7, 11) is 3.12. The Balaban J connectivity index is 1.87. The molecule has 1 saturated carbocycles. The molecule has 0 aliphatic heterocycles. The number of carbonyl (C=O) groups is 1. The number of nitrogens with one attached hydrogen (secondary N) is 2. The zero-order valence-electron chi connectivity index (χ0n) is 14.1. The van der Waals surface area contributed by atoms with E-state index in [1.165, 1.54) is 20.0 Å². The summed E-state index contributed by atoms with van der Waals surface area (Å²) in [4.78, 5) is 15.8. The molecule has 23 heavy (non-hydrogen) atoms. The second-order valence-electron chi connectivity index (χ2n) is 5.61. The fraction of sp³-hybridized carbons (Fsp3) is 0.625. The van der Waals surface area contributed by atoms with E-state index in [1.54, 1.807) is 20.0 Å². The molecule has 1 aliphatic rings. The number of hydrogen-bond acceptors (Lipinski definition) is 5. The lowest BCUT2D eigenvalue weighted by Gasteiger charge is -2.16. The monoisotopic (exact) mass is 339 g/mol. The number of thioether (sulfide) groups is 1. The number of rotatable bonds is 5. The van der Waals surface area contributed by atoms with Gasteiger partial charge in [0.1, 0.15) is 17.1 Å². The molecule has 7 heteroatoms. The third kappa shape index (κ3) is 4.67. The van der Waals surface area contributed by atoms with Gasteiger partial charge in [0.25, 0.3) is 0 Å². The number of ether oxygens (including phenoxy) is 1. The Kier molecular flexibility index (Phi) is 6.38. The van der Waals surface area contributed by atoms with Gasteiger partial charge in [0.15, 0.2) is 5.96 Å². The summed E-state index contributed by atoms with van der Waals surface area (Å²) in [6.07, 6.45) is 5.74. The van der Waals surface area contributed by atoms with Crippen molar-refractivity contribution in [3.63, 3.8) is 0 Å². The van der Waals surface area contributed by atoms with Crippen LogP contribution in [0.1, 0.15) is 41.1 Å². The van der Waals surface area contributed by atoms with E-state index in [-0.39, 0.29) is 5.97 Å². The number of methoxy groups -OCH3 is 1. The van der Waals surface area contributed by atoms with Gasteiger partial charge in [-0.2, -0.15) is 11.8 Å². The van der Waals surface area contributed by atoms with E-state index in [0.717, 1.165) is 17.6 Å². The van der Waals surface area contributed by atoms with Gasteiger partial charge in [0, 0.05) is 18.3 Å². The maximum absolute atomic E-state index is 11.6. The molecule has 2 atom stereocenters. The first-order valence-corrected chi connectivity index (χ1v) is 9.03. The van der Waals surface area contributed by atoms with Crippen LogP contribution in [0.25, 0.3) is 0 Å². The Morgan fingerprint density at radius 1 is 1.52 bits per heavy atom. The summed E-state index contributed by atoms with van der Waals surface area (Å²) in [5, 5.41) is 7.41. The summed E-state index contributed by atoms with van der Waals surface area (Å²) in [5.74, 6) is 1.62. The molecule has 1 aromatic heterocycles. The maximum Gasteiger partial charge on any atom is 0.341 e. The van der Waals surface area contributed by atoms with Crippen molar-refractivity contribution in [3.8, 4) is 0 Å². The SMILES string of the molecule is CN=C(NCc1cc(C(=O)OC)c(C)o1)NC1CCC(SC)C1. The number of aryl methyl sites for hydroxylation is 1. The fourth-order valence-electron chi connectivity index (χ4n) is 2.79. The Morgan fingerprint density at radius 2 is 2.30 bits per heavy atom. The highest BCUT2D eigenvalue weighted by Gasteiger charge is 2.24. The summed E-state index contributed by atoms with van der Waals surface area (Å²) >= 11 is 1.93. The highest BCUT2D eigenvalue weighted by atomic mass is 32.2. The van der Waals surface area contributed by atoms with E-state index in [9.17, 15) is 4.79 Å². The third-order valence-corrected chi connectivity index (χ3v) is 5.18. The van der Waals surface area contributed by atoms with Crippen molar-refractivity contribution in [1.29, 1.82) is 0 Å². The number of carbonyl (C=O) groups excluding carboxylic acids is 1. The van der Waals surface area contributed by atoms with Gasteiger partial charge < -0.3 is 19.8 Å². The molecular formula is C16H25N3O3S. The van der Waals surface area contributed by atoms with Crippen LogP contribution in [0, 0.1) is 6.92 Å². The fourth-order valence-corrected chi connectivity index (χ4v) is 3.58. The minimum atomic E-state index is -0.380. The number of esters is 1. The first kappa shape index (κ1) is 17.7. The predicted molar refractivity (Wildman–Crippen MR) is 93.1 cm³/mol. The van der Waals surface area contributed by atoms with Crippen molar-refractivity contribution >= 4 is 23.7 Å². The second-order valence-corrected chi connectivity index (χ2v) is 6.75. The van der Waals surface area contributed by atoms with Crippen LogP contribution in [0.4, 0.5) is 0 Å².